The first-order chi connectivity index (χ1) is 22.3. The molecule has 1 aliphatic carbocycles. The Balaban J connectivity index is 1.08. The van der Waals surface area contributed by atoms with Crippen LogP contribution in [0.5, 0.6) is 0 Å². The number of likely N-dealkylation sites (tertiary alicyclic amines) is 1. The molecule has 11 nitrogen and oxygen atoms in total. The molecule has 1 saturated heterocycles. The van der Waals surface area contributed by atoms with Crippen molar-refractivity contribution < 1.29 is 18.3 Å². The van der Waals surface area contributed by atoms with Crippen LogP contribution in [0.2, 0.25) is 0 Å². The summed E-state index contributed by atoms with van der Waals surface area (Å²) in [6, 6.07) is 15.1. The van der Waals surface area contributed by atoms with E-state index in [1.54, 1.807) is 6.20 Å². The van der Waals surface area contributed by atoms with Gasteiger partial charge in [0.1, 0.15) is 17.8 Å². The highest BCUT2D eigenvalue weighted by Gasteiger charge is 2.49. The molecule has 2 N–H and O–H groups in total. The fraction of sp³-hybridized carbons (Fsp3) is 0.375. The molecule has 5 heterocycles. The van der Waals surface area contributed by atoms with Gasteiger partial charge < -0.3 is 19.9 Å². The lowest BCUT2D eigenvalue weighted by Crippen LogP contribution is -2.58. The number of para-hydroxylation sites is 1. The van der Waals surface area contributed by atoms with E-state index in [-0.39, 0.29) is 23.6 Å². The van der Waals surface area contributed by atoms with Gasteiger partial charge in [-0.2, -0.15) is 23.5 Å². The van der Waals surface area contributed by atoms with Crippen LogP contribution in [0.4, 0.5) is 24.7 Å². The molecule has 1 aromatic carbocycles. The van der Waals surface area contributed by atoms with Gasteiger partial charge in [0.2, 0.25) is 5.82 Å². The number of aliphatic hydroxyl groups excluding tert-OH is 1. The minimum absolute atomic E-state index is 0.0852. The third-order valence-electron chi connectivity index (χ3n) is 9.18. The Bertz CT molecular complexity index is 1870. The quantitative estimate of drug-likeness (QED) is 0.238. The molecule has 7 rings (SSSR count). The molecule has 1 saturated carbocycles. The van der Waals surface area contributed by atoms with E-state index in [0.717, 1.165) is 53.9 Å². The lowest BCUT2D eigenvalue weighted by atomic mass is 9.69. The number of nitrogens with zero attached hydrogens (tertiary/aromatic N) is 9. The normalized spacial score (nSPS) is 20.8. The largest absolute Gasteiger partial charge is 0.451 e. The SMILES string of the molecule is N#CCC1(n2cc(-c3ncnc4[nH]ccc34)cn2)CC(N2CCC(N(c3ccccc3)c3cc(CO)nc(C(F)(F)F)n3)CC2)C1. The number of piperidine rings is 1. The molecule has 14 heteroatoms. The molecule has 0 atom stereocenters. The number of benzene rings is 1. The van der Waals surface area contributed by atoms with E-state index in [9.17, 15) is 23.5 Å². The van der Waals surface area contributed by atoms with Gasteiger partial charge >= 0.3 is 6.18 Å². The Labute approximate surface area is 262 Å². The number of aromatic nitrogens is 7. The number of aromatic amines is 1. The Morgan fingerprint density at radius 1 is 1.09 bits per heavy atom. The number of H-pyrrole nitrogens is 1. The maximum absolute atomic E-state index is 13.7. The van der Waals surface area contributed by atoms with Crippen LogP contribution < -0.4 is 4.90 Å². The third kappa shape index (κ3) is 5.45. The molecule has 46 heavy (non-hydrogen) atoms. The van der Waals surface area contributed by atoms with Crippen LogP contribution in [-0.4, -0.2) is 69.9 Å². The maximum atomic E-state index is 13.7. The number of hydrogen-bond donors (Lipinski definition) is 2. The van der Waals surface area contributed by atoms with E-state index < -0.39 is 24.1 Å². The van der Waals surface area contributed by atoms with Crippen molar-refractivity contribution in [3.8, 4) is 17.3 Å². The van der Waals surface area contributed by atoms with Gasteiger partial charge in [-0.05, 0) is 43.9 Å². The Morgan fingerprint density at radius 2 is 1.87 bits per heavy atom. The van der Waals surface area contributed by atoms with Crippen LogP contribution in [0, 0.1) is 11.3 Å². The monoisotopic (exact) mass is 628 g/mol. The lowest BCUT2D eigenvalue weighted by Gasteiger charge is -2.53. The average molecular weight is 629 g/mol. The fourth-order valence-corrected chi connectivity index (χ4v) is 6.88. The molecule has 2 fully saturated rings. The highest BCUT2D eigenvalue weighted by molar-refractivity contribution is 5.90. The number of rotatable bonds is 8. The third-order valence-corrected chi connectivity index (χ3v) is 9.18. The molecule has 236 valence electrons. The minimum atomic E-state index is -4.75. The molecule has 0 amide bonds. The number of fused-ring (bicyclic) bond motifs is 1. The molecule has 5 aromatic rings. The molecule has 2 aliphatic rings. The second kappa shape index (κ2) is 11.8. The highest BCUT2D eigenvalue weighted by Crippen LogP contribution is 2.46. The van der Waals surface area contributed by atoms with E-state index >= 15 is 0 Å². The molecular formula is C32H31F3N10O. The zero-order valence-corrected chi connectivity index (χ0v) is 24.8. The van der Waals surface area contributed by atoms with Crippen molar-refractivity contribution in [2.75, 3.05) is 18.0 Å². The molecule has 0 unspecified atom stereocenters. The number of aliphatic hydroxyl groups is 1. The summed E-state index contributed by atoms with van der Waals surface area (Å²) in [4.78, 5) is 23.5. The predicted octanol–water partition coefficient (Wildman–Crippen LogP) is 5.20. The smallest absolute Gasteiger partial charge is 0.390 e. The Kier molecular flexibility index (Phi) is 7.66. The summed E-state index contributed by atoms with van der Waals surface area (Å²) in [6.07, 6.45) is 5.59. The van der Waals surface area contributed by atoms with Gasteiger partial charge in [-0.15, -0.1) is 0 Å². The van der Waals surface area contributed by atoms with E-state index in [1.807, 2.05) is 58.4 Å². The molecule has 4 aromatic heterocycles. The predicted molar refractivity (Wildman–Crippen MR) is 162 cm³/mol. The van der Waals surface area contributed by atoms with Crippen LogP contribution in [0.1, 0.15) is 43.6 Å². The summed E-state index contributed by atoms with van der Waals surface area (Å²) in [5, 5.41) is 25.0. The minimum Gasteiger partial charge on any atom is -0.390 e. The van der Waals surface area contributed by atoms with Gasteiger partial charge in [0, 0.05) is 60.3 Å². The summed E-state index contributed by atoms with van der Waals surface area (Å²) in [5.74, 6) is -1.16. The number of nitriles is 1. The number of nitrogens with one attached hydrogen (secondary N) is 1. The lowest BCUT2D eigenvalue weighted by molar-refractivity contribution is -0.145. The molecule has 0 bridgehead atoms. The van der Waals surface area contributed by atoms with Crippen LogP contribution in [0.3, 0.4) is 0 Å². The Hall–Kier alpha value is -4.87. The van der Waals surface area contributed by atoms with Gasteiger partial charge in [0.05, 0.1) is 42.2 Å². The zero-order valence-electron chi connectivity index (χ0n) is 24.8. The van der Waals surface area contributed by atoms with Crippen molar-refractivity contribution in [3.63, 3.8) is 0 Å². The summed E-state index contributed by atoms with van der Waals surface area (Å²) < 4.78 is 43.0. The summed E-state index contributed by atoms with van der Waals surface area (Å²) in [6.45, 7) is 0.851. The average Bonchev–Trinajstić information content (AvgIpc) is 3.74. The van der Waals surface area contributed by atoms with E-state index in [0.29, 0.717) is 19.3 Å². The van der Waals surface area contributed by atoms with Crippen molar-refractivity contribution in [2.45, 2.75) is 62.5 Å². The second-order valence-corrected chi connectivity index (χ2v) is 11.9. The zero-order chi connectivity index (χ0) is 31.9. The van der Waals surface area contributed by atoms with Gasteiger partial charge in [-0.25, -0.2) is 19.9 Å². The molecular weight excluding hydrogens is 597 g/mol. The molecule has 0 radical (unpaired) electrons. The fourth-order valence-electron chi connectivity index (χ4n) is 6.88. The first-order valence-electron chi connectivity index (χ1n) is 15.1. The topological polar surface area (TPSA) is 136 Å². The Morgan fingerprint density at radius 3 is 2.59 bits per heavy atom. The molecule has 1 aliphatic heterocycles. The van der Waals surface area contributed by atoms with Crippen molar-refractivity contribution in [1.82, 2.24) is 39.6 Å². The van der Waals surface area contributed by atoms with Crippen molar-refractivity contribution in [3.05, 3.63) is 78.9 Å². The maximum Gasteiger partial charge on any atom is 0.451 e. The van der Waals surface area contributed by atoms with Crippen LogP contribution in [-0.2, 0) is 18.3 Å². The number of hydrogen-bond acceptors (Lipinski definition) is 9. The van der Waals surface area contributed by atoms with Crippen molar-refractivity contribution in [1.29, 1.82) is 5.26 Å². The molecule has 0 spiro atoms. The van der Waals surface area contributed by atoms with Gasteiger partial charge in [0.15, 0.2) is 0 Å². The first-order valence-corrected chi connectivity index (χ1v) is 15.1. The van der Waals surface area contributed by atoms with Crippen LogP contribution in [0.15, 0.2) is 67.4 Å². The van der Waals surface area contributed by atoms with Crippen LogP contribution in [0.25, 0.3) is 22.3 Å². The van der Waals surface area contributed by atoms with E-state index in [2.05, 4.69) is 41.0 Å². The standard InChI is InChI=1S/C32H31F3N10O/c33-32(34,35)30-41-22(19-46)14-27(42-30)45(23-4-2-1-3-5-23)24-7-12-43(13-8-24)25-15-31(16-25,9-10-36)44-18-21(17-40-44)28-26-6-11-37-29(26)39-20-38-28/h1-6,11,14,17-18,20,24-25,46H,7-9,12-13,15-16,19H2,(H,37,38,39). The highest BCUT2D eigenvalue weighted by atomic mass is 19.4. The number of anilines is 2. The van der Waals surface area contributed by atoms with E-state index in [1.165, 1.54) is 12.4 Å². The van der Waals surface area contributed by atoms with Crippen molar-refractivity contribution in [2.24, 2.45) is 0 Å². The summed E-state index contributed by atoms with van der Waals surface area (Å²) in [7, 11) is 0. The van der Waals surface area contributed by atoms with Crippen molar-refractivity contribution >= 4 is 22.5 Å². The second-order valence-electron chi connectivity index (χ2n) is 11.9. The first kappa shape index (κ1) is 29.8. The summed E-state index contributed by atoms with van der Waals surface area (Å²) in [5.41, 5.74) is 2.60. The number of alkyl halides is 3. The summed E-state index contributed by atoms with van der Waals surface area (Å²) >= 11 is 0. The van der Waals surface area contributed by atoms with Gasteiger partial charge in [-0.3, -0.25) is 4.68 Å². The number of halogens is 3. The van der Waals surface area contributed by atoms with Crippen LogP contribution >= 0.6 is 0 Å². The van der Waals surface area contributed by atoms with E-state index in [4.69, 9.17) is 0 Å². The van der Waals surface area contributed by atoms with Gasteiger partial charge in [-0.1, -0.05) is 18.2 Å². The van der Waals surface area contributed by atoms with Gasteiger partial charge in [0.25, 0.3) is 0 Å².